The molecular formula is C16H16Cl2N4O3S2. The maximum absolute atomic E-state index is 12.6. The fourth-order valence-electron chi connectivity index (χ4n) is 3.85. The Bertz CT molecular complexity index is 995. The van der Waals surface area contributed by atoms with Crippen LogP contribution in [-0.2, 0) is 10.0 Å². The number of benzene rings is 1. The molecule has 7 nitrogen and oxygen atoms in total. The van der Waals surface area contributed by atoms with Crippen LogP contribution in [0.3, 0.4) is 0 Å². The Morgan fingerprint density at radius 2 is 2.00 bits per heavy atom. The van der Waals surface area contributed by atoms with E-state index in [-0.39, 0.29) is 26.1 Å². The lowest BCUT2D eigenvalue weighted by atomic mass is 9.96. The van der Waals surface area contributed by atoms with Crippen molar-refractivity contribution in [2.75, 3.05) is 5.32 Å². The lowest BCUT2D eigenvalue weighted by Gasteiger charge is -2.21. The van der Waals surface area contributed by atoms with Crippen molar-refractivity contribution in [1.82, 2.24) is 14.9 Å². The van der Waals surface area contributed by atoms with Crippen molar-refractivity contribution in [3.05, 3.63) is 33.8 Å². The summed E-state index contributed by atoms with van der Waals surface area (Å²) in [6, 6.07) is 4.43. The van der Waals surface area contributed by atoms with Gasteiger partial charge in [-0.1, -0.05) is 41.0 Å². The smallest absolute Gasteiger partial charge is 0.270 e. The molecule has 1 aromatic carbocycles. The second-order valence-corrected chi connectivity index (χ2v) is 10.6. The summed E-state index contributed by atoms with van der Waals surface area (Å²) in [7, 11) is -3.76. The highest BCUT2D eigenvalue weighted by Crippen LogP contribution is 2.44. The molecule has 3 atom stereocenters. The van der Waals surface area contributed by atoms with Gasteiger partial charge in [-0.3, -0.25) is 10.1 Å². The summed E-state index contributed by atoms with van der Waals surface area (Å²) in [5, 5.41) is 10.7. The summed E-state index contributed by atoms with van der Waals surface area (Å²) < 4.78 is 27.7. The first-order valence-electron chi connectivity index (χ1n) is 8.44. The monoisotopic (exact) mass is 446 g/mol. The highest BCUT2D eigenvalue weighted by molar-refractivity contribution is 7.91. The number of hydrogen-bond donors (Lipinski definition) is 2. The van der Waals surface area contributed by atoms with Crippen LogP contribution in [0, 0.1) is 11.8 Å². The van der Waals surface area contributed by atoms with E-state index < -0.39 is 15.9 Å². The fraction of sp³-hybridized carbons (Fsp3) is 0.438. The second kappa shape index (κ2) is 7.29. The number of fused-ring (bicyclic) bond motifs is 2. The quantitative estimate of drug-likeness (QED) is 0.683. The van der Waals surface area contributed by atoms with Crippen LogP contribution in [0.25, 0.3) is 0 Å². The maximum atomic E-state index is 12.6. The van der Waals surface area contributed by atoms with Crippen molar-refractivity contribution < 1.29 is 13.2 Å². The third-order valence-electron chi connectivity index (χ3n) is 5.08. The molecular weight excluding hydrogens is 431 g/mol. The number of rotatable bonds is 5. The minimum atomic E-state index is -3.76. The van der Waals surface area contributed by atoms with Gasteiger partial charge in [-0.25, -0.2) is 13.1 Å². The minimum Gasteiger partial charge on any atom is -0.296 e. The number of nitrogens with one attached hydrogen (secondary N) is 2. The molecule has 0 radical (unpaired) electrons. The molecule has 2 saturated carbocycles. The molecule has 2 fully saturated rings. The number of anilines is 1. The summed E-state index contributed by atoms with van der Waals surface area (Å²) in [6.45, 7) is 0. The molecule has 4 rings (SSSR count). The van der Waals surface area contributed by atoms with Crippen LogP contribution >= 0.6 is 34.5 Å². The van der Waals surface area contributed by atoms with Crippen molar-refractivity contribution in [3.63, 3.8) is 0 Å². The van der Waals surface area contributed by atoms with Gasteiger partial charge >= 0.3 is 0 Å². The van der Waals surface area contributed by atoms with Crippen LogP contribution < -0.4 is 10.0 Å². The summed E-state index contributed by atoms with van der Waals surface area (Å²) in [5.74, 6) is 0.512. The highest BCUT2D eigenvalue weighted by atomic mass is 35.5. The summed E-state index contributed by atoms with van der Waals surface area (Å²) in [5.41, 5.74) is 0.209. The standard InChI is InChI=1S/C16H16Cl2N4O3S2/c17-10-3-4-11(12(18)7-10)14(23)19-15-20-21-16(26-15)27(24,25)22-13-6-8-1-2-9(13)5-8/h3-4,7-9,13,22H,1-2,5-6H2,(H,19,20,23)/t8-,9+,13+/m0/s1. The Morgan fingerprint density at radius 1 is 1.19 bits per heavy atom. The SMILES string of the molecule is O=C(Nc1nnc(S(=O)(=O)N[C@@H]2C[C@H]3CC[C@@H]2C3)s1)c1ccc(Cl)cc1Cl. The van der Waals surface area contributed by atoms with E-state index in [2.05, 4.69) is 20.2 Å². The third-order valence-corrected chi connectivity index (χ3v) is 8.32. The normalized spacial score (nSPS) is 24.3. The molecule has 0 unspecified atom stereocenters. The van der Waals surface area contributed by atoms with Gasteiger partial charge in [-0.2, -0.15) is 0 Å². The number of carbonyl (C=O) groups excluding carboxylic acids is 1. The van der Waals surface area contributed by atoms with Gasteiger partial charge in [0.05, 0.1) is 10.6 Å². The topological polar surface area (TPSA) is 101 Å². The van der Waals surface area contributed by atoms with Gasteiger partial charge in [-0.15, -0.1) is 10.2 Å². The molecule has 0 spiro atoms. The van der Waals surface area contributed by atoms with Crippen LogP contribution in [0.4, 0.5) is 5.13 Å². The second-order valence-electron chi connectivity index (χ2n) is 6.85. The molecule has 2 N–H and O–H groups in total. The van der Waals surface area contributed by atoms with Crippen LogP contribution in [0.15, 0.2) is 22.5 Å². The molecule has 2 aliphatic carbocycles. The molecule has 2 aromatic rings. The number of amides is 1. The van der Waals surface area contributed by atoms with E-state index in [0.29, 0.717) is 16.9 Å². The van der Waals surface area contributed by atoms with Crippen molar-refractivity contribution in [2.24, 2.45) is 11.8 Å². The van der Waals surface area contributed by atoms with Crippen molar-refractivity contribution in [2.45, 2.75) is 36.1 Å². The lowest BCUT2D eigenvalue weighted by molar-refractivity contribution is 0.102. The number of aromatic nitrogens is 2. The van der Waals surface area contributed by atoms with Gasteiger partial charge in [-0.05, 0) is 49.3 Å². The van der Waals surface area contributed by atoms with Crippen LogP contribution in [0.2, 0.25) is 10.0 Å². The molecule has 1 heterocycles. The van der Waals surface area contributed by atoms with Crippen LogP contribution in [-0.4, -0.2) is 30.6 Å². The zero-order valence-corrected chi connectivity index (χ0v) is 17.1. The van der Waals surface area contributed by atoms with E-state index >= 15 is 0 Å². The zero-order valence-electron chi connectivity index (χ0n) is 14.0. The summed E-state index contributed by atoms with van der Waals surface area (Å²) >= 11 is 12.6. The number of nitrogens with zero attached hydrogens (tertiary/aromatic N) is 2. The lowest BCUT2D eigenvalue weighted by Crippen LogP contribution is -2.38. The van der Waals surface area contributed by atoms with E-state index in [9.17, 15) is 13.2 Å². The van der Waals surface area contributed by atoms with Crippen LogP contribution in [0.5, 0.6) is 0 Å². The van der Waals surface area contributed by atoms with E-state index in [4.69, 9.17) is 23.2 Å². The molecule has 2 aliphatic rings. The summed E-state index contributed by atoms with van der Waals surface area (Å²) in [4.78, 5) is 12.3. The first kappa shape index (κ1) is 19.1. The average Bonchev–Trinajstić information content (AvgIpc) is 3.31. The third kappa shape index (κ3) is 3.97. The zero-order chi connectivity index (χ0) is 19.2. The van der Waals surface area contributed by atoms with E-state index in [1.165, 1.54) is 24.6 Å². The van der Waals surface area contributed by atoms with E-state index in [1.807, 2.05) is 0 Å². The van der Waals surface area contributed by atoms with Gasteiger partial charge in [0.1, 0.15) is 0 Å². The molecule has 0 saturated heterocycles. The Balaban J connectivity index is 1.45. The molecule has 27 heavy (non-hydrogen) atoms. The van der Waals surface area contributed by atoms with Crippen molar-refractivity contribution in [3.8, 4) is 0 Å². The Morgan fingerprint density at radius 3 is 2.67 bits per heavy atom. The number of halogens is 2. The van der Waals surface area contributed by atoms with E-state index in [1.54, 1.807) is 0 Å². The Labute approximate surface area is 170 Å². The van der Waals surface area contributed by atoms with Crippen LogP contribution in [0.1, 0.15) is 36.0 Å². The van der Waals surface area contributed by atoms with E-state index in [0.717, 1.165) is 30.6 Å². The molecule has 1 aromatic heterocycles. The molecule has 0 aliphatic heterocycles. The van der Waals surface area contributed by atoms with Gasteiger partial charge in [0.2, 0.25) is 9.47 Å². The first-order valence-corrected chi connectivity index (χ1v) is 11.5. The van der Waals surface area contributed by atoms with Gasteiger partial charge < -0.3 is 0 Å². The maximum Gasteiger partial charge on any atom is 0.270 e. The molecule has 1 amide bonds. The Hall–Kier alpha value is -1.26. The average molecular weight is 447 g/mol. The van der Waals surface area contributed by atoms with Crippen molar-refractivity contribution >= 4 is 55.6 Å². The van der Waals surface area contributed by atoms with Gasteiger partial charge in [0.15, 0.2) is 0 Å². The minimum absolute atomic E-state index is 0.0384. The summed E-state index contributed by atoms with van der Waals surface area (Å²) in [6.07, 6.45) is 4.22. The van der Waals surface area contributed by atoms with Gasteiger partial charge in [0.25, 0.3) is 15.9 Å². The number of carbonyl (C=O) groups is 1. The Kier molecular flexibility index (Phi) is 5.15. The first-order chi connectivity index (χ1) is 12.8. The fourth-order valence-corrected chi connectivity index (χ4v) is 6.57. The largest absolute Gasteiger partial charge is 0.296 e. The predicted molar refractivity (Wildman–Crippen MR) is 104 cm³/mol. The van der Waals surface area contributed by atoms with Crippen molar-refractivity contribution in [1.29, 1.82) is 0 Å². The molecule has 144 valence electrons. The molecule has 11 heteroatoms. The van der Waals surface area contributed by atoms with Gasteiger partial charge in [0, 0.05) is 11.1 Å². The molecule has 2 bridgehead atoms. The highest BCUT2D eigenvalue weighted by Gasteiger charge is 2.41. The number of hydrogen-bond acceptors (Lipinski definition) is 6. The predicted octanol–water partition coefficient (Wildman–Crippen LogP) is 3.56. The number of sulfonamides is 1.